The smallest absolute Gasteiger partial charge is 0.0998 e. The van der Waals surface area contributed by atoms with E-state index >= 15 is 0 Å². The second-order valence-electron chi connectivity index (χ2n) is 1.73. The van der Waals surface area contributed by atoms with Crippen molar-refractivity contribution in [1.82, 2.24) is 10.2 Å². The molecule has 0 rings (SSSR count). The first-order valence-corrected chi connectivity index (χ1v) is 2.37. The topological polar surface area (TPSA) is 15.3 Å². The van der Waals surface area contributed by atoms with Crippen LogP contribution in [0.5, 0.6) is 0 Å². The third-order valence-corrected chi connectivity index (χ3v) is 1.03. The third-order valence-electron chi connectivity index (χ3n) is 1.03. The maximum atomic E-state index is 3.01. The molecule has 0 spiro atoms. The maximum absolute atomic E-state index is 3.01. The standard InChI is InChI=1S/C5H13N2/c1-5(6-2)7(3)4/h6H,1-4H3. The Kier molecular flexibility index (Phi) is 2.96. The number of rotatable bonds is 2. The monoisotopic (exact) mass is 101 g/mol. The van der Waals surface area contributed by atoms with E-state index in [0.29, 0.717) is 0 Å². The summed E-state index contributed by atoms with van der Waals surface area (Å²) >= 11 is 0. The van der Waals surface area contributed by atoms with Crippen molar-refractivity contribution in [2.45, 2.75) is 6.92 Å². The maximum Gasteiger partial charge on any atom is 0.0998 e. The van der Waals surface area contributed by atoms with Gasteiger partial charge >= 0.3 is 0 Å². The van der Waals surface area contributed by atoms with Crippen molar-refractivity contribution in [1.29, 1.82) is 0 Å². The van der Waals surface area contributed by atoms with E-state index in [1.165, 1.54) is 6.17 Å². The van der Waals surface area contributed by atoms with Crippen molar-refractivity contribution in [3.05, 3.63) is 6.17 Å². The highest BCUT2D eigenvalue weighted by atomic mass is 15.2. The van der Waals surface area contributed by atoms with E-state index in [9.17, 15) is 0 Å². The van der Waals surface area contributed by atoms with Crippen LogP contribution in [0, 0.1) is 6.17 Å². The Morgan fingerprint density at radius 3 is 1.86 bits per heavy atom. The van der Waals surface area contributed by atoms with Crippen molar-refractivity contribution in [3.8, 4) is 0 Å². The molecule has 0 aliphatic carbocycles. The Hall–Kier alpha value is -0.0800. The summed E-state index contributed by atoms with van der Waals surface area (Å²) < 4.78 is 0. The van der Waals surface area contributed by atoms with Crippen molar-refractivity contribution in [2.24, 2.45) is 0 Å². The van der Waals surface area contributed by atoms with Crippen LogP contribution >= 0.6 is 0 Å². The van der Waals surface area contributed by atoms with Crippen molar-refractivity contribution in [3.63, 3.8) is 0 Å². The van der Waals surface area contributed by atoms with Gasteiger partial charge in [-0.25, -0.2) is 0 Å². The van der Waals surface area contributed by atoms with E-state index in [1.807, 2.05) is 33.0 Å². The summed E-state index contributed by atoms with van der Waals surface area (Å²) in [6.45, 7) is 2.03. The highest BCUT2D eigenvalue weighted by Gasteiger charge is 1.97. The van der Waals surface area contributed by atoms with Gasteiger partial charge < -0.3 is 0 Å². The Labute approximate surface area is 45.5 Å². The number of nitrogens with one attached hydrogen (secondary N) is 1. The Morgan fingerprint density at radius 1 is 1.43 bits per heavy atom. The molecule has 43 valence electrons. The Bertz CT molecular complexity index is 43.3. The molecule has 0 aromatic rings. The predicted molar refractivity (Wildman–Crippen MR) is 31.7 cm³/mol. The van der Waals surface area contributed by atoms with Crippen molar-refractivity contribution >= 4 is 0 Å². The second kappa shape index (κ2) is 2.99. The van der Waals surface area contributed by atoms with Crippen LogP contribution in [0.25, 0.3) is 0 Å². The molecular weight excluding hydrogens is 88.1 g/mol. The first-order valence-electron chi connectivity index (χ1n) is 2.37. The molecule has 0 atom stereocenters. The van der Waals surface area contributed by atoms with Crippen LogP contribution in [0.15, 0.2) is 0 Å². The highest BCUT2D eigenvalue weighted by Crippen LogP contribution is 1.91. The summed E-state index contributed by atoms with van der Waals surface area (Å²) in [5, 5.41) is 3.01. The zero-order chi connectivity index (χ0) is 5.86. The molecule has 0 aromatic carbocycles. The van der Waals surface area contributed by atoms with Crippen LogP contribution in [0.3, 0.4) is 0 Å². The molecule has 0 heterocycles. The van der Waals surface area contributed by atoms with E-state index in [0.717, 1.165) is 0 Å². The average molecular weight is 101 g/mol. The van der Waals surface area contributed by atoms with Crippen LogP contribution in [0.2, 0.25) is 0 Å². The van der Waals surface area contributed by atoms with Crippen LogP contribution in [0.4, 0.5) is 0 Å². The summed E-state index contributed by atoms with van der Waals surface area (Å²) in [5.74, 6) is 0. The molecular formula is C5H13N2. The van der Waals surface area contributed by atoms with Gasteiger partial charge in [0.05, 0.1) is 6.17 Å². The molecule has 0 amide bonds. The van der Waals surface area contributed by atoms with E-state index in [2.05, 4.69) is 5.32 Å². The molecule has 0 aromatic heterocycles. The first kappa shape index (κ1) is 6.92. The quantitative estimate of drug-likeness (QED) is 0.537. The van der Waals surface area contributed by atoms with Crippen LogP contribution in [0.1, 0.15) is 6.92 Å². The van der Waals surface area contributed by atoms with Crippen LogP contribution in [-0.2, 0) is 0 Å². The zero-order valence-electron chi connectivity index (χ0n) is 5.45. The molecule has 2 heteroatoms. The molecule has 1 radical (unpaired) electrons. The van der Waals surface area contributed by atoms with E-state index in [4.69, 9.17) is 0 Å². The zero-order valence-corrected chi connectivity index (χ0v) is 5.45. The molecule has 0 saturated carbocycles. The van der Waals surface area contributed by atoms with E-state index in [1.54, 1.807) is 0 Å². The lowest BCUT2D eigenvalue weighted by Gasteiger charge is -2.16. The predicted octanol–water partition coefficient (Wildman–Crippen LogP) is 0.277. The van der Waals surface area contributed by atoms with Gasteiger partial charge in [0.2, 0.25) is 0 Å². The van der Waals surface area contributed by atoms with Gasteiger partial charge in [-0.1, -0.05) is 0 Å². The molecule has 0 saturated heterocycles. The number of hydrogen-bond acceptors (Lipinski definition) is 2. The van der Waals surface area contributed by atoms with Gasteiger partial charge in [-0.05, 0) is 28.1 Å². The summed E-state index contributed by atoms with van der Waals surface area (Å²) in [4.78, 5) is 2.03. The summed E-state index contributed by atoms with van der Waals surface area (Å²) in [6, 6.07) is 0. The van der Waals surface area contributed by atoms with Gasteiger partial charge in [0.1, 0.15) is 0 Å². The van der Waals surface area contributed by atoms with Gasteiger partial charge in [-0.2, -0.15) is 0 Å². The van der Waals surface area contributed by atoms with Crippen LogP contribution < -0.4 is 5.32 Å². The van der Waals surface area contributed by atoms with Gasteiger partial charge in [0, 0.05) is 0 Å². The number of hydrogen-bond donors (Lipinski definition) is 1. The molecule has 2 nitrogen and oxygen atoms in total. The minimum Gasteiger partial charge on any atom is -0.300 e. The Balaban J connectivity index is 3.14. The molecule has 1 N–H and O–H groups in total. The second-order valence-corrected chi connectivity index (χ2v) is 1.73. The number of nitrogens with zero attached hydrogens (tertiary/aromatic N) is 1. The average Bonchev–Trinajstić information content (AvgIpc) is 1.65. The summed E-state index contributed by atoms with van der Waals surface area (Å²) in [7, 11) is 5.92. The first-order chi connectivity index (χ1) is 3.18. The fourth-order valence-electron chi connectivity index (χ4n) is 0.224. The lowest BCUT2D eigenvalue weighted by atomic mass is 10.5. The highest BCUT2D eigenvalue weighted by molar-refractivity contribution is 4.72. The molecule has 0 fully saturated rings. The van der Waals surface area contributed by atoms with E-state index < -0.39 is 0 Å². The molecule has 7 heavy (non-hydrogen) atoms. The van der Waals surface area contributed by atoms with Crippen LogP contribution in [-0.4, -0.2) is 26.0 Å². The minimum atomic E-state index is 1.18. The minimum absolute atomic E-state index is 1.18. The fourth-order valence-corrected chi connectivity index (χ4v) is 0.224. The SMILES string of the molecule is CN[C](C)N(C)C. The molecule has 0 aliphatic heterocycles. The summed E-state index contributed by atoms with van der Waals surface area (Å²) in [5.41, 5.74) is 0. The van der Waals surface area contributed by atoms with Crippen molar-refractivity contribution < 1.29 is 0 Å². The molecule has 0 unspecified atom stereocenters. The summed E-state index contributed by atoms with van der Waals surface area (Å²) in [6.07, 6.45) is 1.18. The Morgan fingerprint density at radius 2 is 1.86 bits per heavy atom. The third kappa shape index (κ3) is 2.60. The van der Waals surface area contributed by atoms with Crippen molar-refractivity contribution in [2.75, 3.05) is 21.1 Å². The normalized spacial score (nSPS) is 11.1. The molecule has 0 bridgehead atoms. The molecule has 0 aliphatic rings. The van der Waals surface area contributed by atoms with Gasteiger partial charge in [0.25, 0.3) is 0 Å². The van der Waals surface area contributed by atoms with Gasteiger partial charge in [-0.15, -0.1) is 0 Å². The lowest BCUT2D eigenvalue weighted by molar-refractivity contribution is 0.388. The fraction of sp³-hybridized carbons (Fsp3) is 0.800. The van der Waals surface area contributed by atoms with E-state index in [-0.39, 0.29) is 0 Å². The van der Waals surface area contributed by atoms with Gasteiger partial charge in [0.15, 0.2) is 0 Å². The van der Waals surface area contributed by atoms with Gasteiger partial charge in [-0.3, -0.25) is 10.2 Å². The largest absolute Gasteiger partial charge is 0.300 e. The lowest BCUT2D eigenvalue weighted by Crippen LogP contribution is -2.27.